The van der Waals surface area contributed by atoms with E-state index in [0.29, 0.717) is 17.7 Å². The van der Waals surface area contributed by atoms with Gasteiger partial charge in [0.25, 0.3) is 11.5 Å². The van der Waals surface area contributed by atoms with Gasteiger partial charge in [-0.15, -0.1) is 0 Å². The van der Waals surface area contributed by atoms with Crippen molar-refractivity contribution in [1.82, 2.24) is 19.3 Å². The van der Waals surface area contributed by atoms with Crippen molar-refractivity contribution in [3.63, 3.8) is 0 Å². The molecule has 0 aliphatic heterocycles. The van der Waals surface area contributed by atoms with Crippen molar-refractivity contribution in [3.8, 4) is 0 Å². The molecule has 0 radical (unpaired) electrons. The lowest BCUT2D eigenvalue weighted by Crippen LogP contribution is -2.40. The summed E-state index contributed by atoms with van der Waals surface area (Å²) in [5.74, 6) is -0.732. The Hall–Kier alpha value is -3.49. The van der Waals surface area contributed by atoms with E-state index in [4.69, 9.17) is 10.1 Å². The van der Waals surface area contributed by atoms with E-state index in [1.54, 1.807) is 29.0 Å². The van der Waals surface area contributed by atoms with Crippen LogP contribution < -0.4 is 16.4 Å². The standard InChI is InChI=1S/C23H27N5O4/c1-15(29)32-13-7-12-28-20(24)17(22(30)25-16-8-3-2-4-9-16)14-18-21(28)26-19-10-5-6-11-27(19)23(18)31/h5-6,10-11,14,16,24H,2-4,7-9,12-13H2,1H3,(H,25,30). The number of hydrogen-bond donors (Lipinski definition) is 2. The zero-order chi connectivity index (χ0) is 22.7. The van der Waals surface area contributed by atoms with Gasteiger partial charge in [0.2, 0.25) is 0 Å². The molecule has 1 aliphatic rings. The van der Waals surface area contributed by atoms with Crippen LogP contribution in [0.1, 0.15) is 55.8 Å². The molecule has 0 spiro atoms. The molecule has 4 rings (SSSR count). The number of nitrogens with zero attached hydrogens (tertiary/aromatic N) is 3. The summed E-state index contributed by atoms with van der Waals surface area (Å²) in [5, 5.41) is 12.0. The molecule has 0 atom stereocenters. The number of rotatable bonds is 6. The minimum absolute atomic E-state index is 0.0131. The number of ether oxygens (including phenoxy) is 1. The van der Waals surface area contributed by atoms with Crippen LogP contribution in [0.25, 0.3) is 16.7 Å². The predicted octanol–water partition coefficient (Wildman–Crippen LogP) is 2.14. The number of amides is 1. The lowest BCUT2D eigenvalue weighted by Gasteiger charge is -2.23. The molecule has 3 aromatic heterocycles. The van der Waals surface area contributed by atoms with E-state index in [0.717, 1.165) is 25.7 Å². The topological polar surface area (TPSA) is 119 Å². The Morgan fingerprint density at radius 3 is 2.78 bits per heavy atom. The smallest absolute Gasteiger partial charge is 0.302 e. The summed E-state index contributed by atoms with van der Waals surface area (Å²) >= 11 is 0. The van der Waals surface area contributed by atoms with Gasteiger partial charge in [-0.1, -0.05) is 25.3 Å². The maximum Gasteiger partial charge on any atom is 0.302 e. The first-order chi connectivity index (χ1) is 15.5. The Morgan fingerprint density at radius 2 is 2.03 bits per heavy atom. The second-order valence-electron chi connectivity index (χ2n) is 8.14. The Kier molecular flexibility index (Phi) is 6.34. The Morgan fingerprint density at radius 1 is 1.25 bits per heavy atom. The summed E-state index contributed by atoms with van der Waals surface area (Å²) in [6.45, 7) is 1.79. The first-order valence-corrected chi connectivity index (χ1v) is 11.0. The van der Waals surface area contributed by atoms with Crippen LogP contribution in [0.5, 0.6) is 0 Å². The van der Waals surface area contributed by atoms with Gasteiger partial charge in [-0.25, -0.2) is 4.98 Å². The second kappa shape index (κ2) is 9.33. The average Bonchev–Trinajstić information content (AvgIpc) is 2.78. The third-order valence-corrected chi connectivity index (χ3v) is 5.83. The predicted molar refractivity (Wildman–Crippen MR) is 118 cm³/mol. The van der Waals surface area contributed by atoms with Crippen molar-refractivity contribution in [2.45, 2.75) is 58.0 Å². The average molecular weight is 438 g/mol. The highest BCUT2D eigenvalue weighted by Gasteiger charge is 2.21. The van der Waals surface area contributed by atoms with Crippen molar-refractivity contribution in [1.29, 1.82) is 5.41 Å². The number of fused-ring (bicyclic) bond motifs is 2. The molecule has 1 fully saturated rings. The van der Waals surface area contributed by atoms with Crippen LogP contribution in [0.15, 0.2) is 35.3 Å². The molecule has 32 heavy (non-hydrogen) atoms. The van der Waals surface area contributed by atoms with Gasteiger partial charge in [-0.3, -0.25) is 24.2 Å². The summed E-state index contributed by atoms with van der Waals surface area (Å²) in [5.41, 5.74) is 0.623. The molecule has 9 nitrogen and oxygen atoms in total. The highest BCUT2D eigenvalue weighted by Crippen LogP contribution is 2.18. The SMILES string of the molecule is CC(=O)OCCCn1c(=N)c(C(=O)NC2CCCCC2)cc2c(=O)n3ccccc3nc21. The van der Waals surface area contributed by atoms with Gasteiger partial charge in [0.15, 0.2) is 0 Å². The molecule has 0 aromatic carbocycles. The summed E-state index contributed by atoms with van der Waals surface area (Å²) in [7, 11) is 0. The summed E-state index contributed by atoms with van der Waals surface area (Å²) < 4.78 is 8.00. The van der Waals surface area contributed by atoms with E-state index in [2.05, 4.69) is 10.3 Å². The Labute approximate surface area is 184 Å². The fourth-order valence-electron chi connectivity index (χ4n) is 4.23. The summed E-state index contributed by atoms with van der Waals surface area (Å²) in [6.07, 6.45) is 7.21. The number of aromatic nitrogens is 3. The van der Waals surface area contributed by atoms with Gasteiger partial charge in [0, 0.05) is 25.7 Å². The zero-order valence-electron chi connectivity index (χ0n) is 18.1. The van der Waals surface area contributed by atoms with Crippen LogP contribution in [0, 0.1) is 5.41 Å². The van der Waals surface area contributed by atoms with Crippen molar-refractivity contribution >= 4 is 28.6 Å². The monoisotopic (exact) mass is 437 g/mol. The molecule has 0 bridgehead atoms. The first kappa shape index (κ1) is 21.7. The quantitative estimate of drug-likeness (QED) is 0.348. The molecule has 2 N–H and O–H groups in total. The number of carbonyl (C=O) groups excluding carboxylic acids is 2. The highest BCUT2D eigenvalue weighted by molar-refractivity contribution is 5.97. The van der Waals surface area contributed by atoms with Gasteiger partial charge in [0.1, 0.15) is 16.8 Å². The molecule has 168 valence electrons. The maximum absolute atomic E-state index is 13.2. The van der Waals surface area contributed by atoms with Gasteiger partial charge in [-0.2, -0.15) is 0 Å². The summed E-state index contributed by atoms with van der Waals surface area (Å²) in [6, 6.07) is 6.81. The third kappa shape index (κ3) is 4.42. The first-order valence-electron chi connectivity index (χ1n) is 11.0. The largest absolute Gasteiger partial charge is 0.466 e. The lowest BCUT2D eigenvalue weighted by atomic mass is 9.95. The van der Waals surface area contributed by atoms with Crippen molar-refractivity contribution in [2.24, 2.45) is 0 Å². The van der Waals surface area contributed by atoms with Gasteiger partial charge in [0.05, 0.1) is 17.6 Å². The molecular weight excluding hydrogens is 410 g/mol. The second-order valence-corrected chi connectivity index (χ2v) is 8.14. The lowest BCUT2D eigenvalue weighted by molar-refractivity contribution is -0.141. The molecule has 0 unspecified atom stereocenters. The maximum atomic E-state index is 13.2. The molecular formula is C23H27N5O4. The van der Waals surface area contributed by atoms with E-state index in [9.17, 15) is 14.4 Å². The van der Waals surface area contributed by atoms with Crippen LogP contribution >= 0.6 is 0 Å². The van der Waals surface area contributed by atoms with Crippen molar-refractivity contribution < 1.29 is 14.3 Å². The normalized spacial score (nSPS) is 14.5. The van der Waals surface area contributed by atoms with E-state index in [1.807, 2.05) is 0 Å². The number of nitrogens with one attached hydrogen (secondary N) is 2. The molecule has 9 heteroatoms. The molecule has 0 saturated heterocycles. The highest BCUT2D eigenvalue weighted by atomic mass is 16.5. The number of hydrogen-bond acceptors (Lipinski definition) is 6. The van der Waals surface area contributed by atoms with Crippen LogP contribution in [-0.4, -0.2) is 38.5 Å². The van der Waals surface area contributed by atoms with Gasteiger partial charge in [-0.05, 0) is 37.5 Å². The number of pyridine rings is 2. The zero-order valence-corrected chi connectivity index (χ0v) is 18.1. The number of esters is 1. The minimum atomic E-state index is -0.381. The fraction of sp³-hybridized carbons (Fsp3) is 0.435. The van der Waals surface area contributed by atoms with Crippen molar-refractivity contribution in [2.75, 3.05) is 6.61 Å². The number of carbonyl (C=O) groups is 2. The van der Waals surface area contributed by atoms with Crippen LogP contribution in [-0.2, 0) is 16.1 Å². The van der Waals surface area contributed by atoms with Gasteiger partial charge >= 0.3 is 5.97 Å². The van der Waals surface area contributed by atoms with Crippen LogP contribution in [0.3, 0.4) is 0 Å². The molecule has 3 heterocycles. The van der Waals surface area contributed by atoms with Crippen molar-refractivity contribution in [3.05, 3.63) is 51.9 Å². The van der Waals surface area contributed by atoms with E-state index < -0.39 is 0 Å². The van der Waals surface area contributed by atoms with E-state index in [1.165, 1.54) is 23.8 Å². The molecule has 1 aliphatic carbocycles. The third-order valence-electron chi connectivity index (χ3n) is 5.83. The van der Waals surface area contributed by atoms with Crippen LogP contribution in [0.2, 0.25) is 0 Å². The van der Waals surface area contributed by atoms with E-state index >= 15 is 0 Å². The summed E-state index contributed by atoms with van der Waals surface area (Å²) in [4.78, 5) is 41.9. The Balaban J connectivity index is 1.80. The fourth-order valence-corrected chi connectivity index (χ4v) is 4.23. The molecule has 1 saturated carbocycles. The Bertz CT molecular complexity index is 1290. The molecule has 3 aromatic rings. The van der Waals surface area contributed by atoms with E-state index in [-0.39, 0.29) is 53.1 Å². The number of aryl methyl sites for hydroxylation is 1. The molecule has 1 amide bonds. The van der Waals surface area contributed by atoms with Gasteiger partial charge < -0.3 is 14.6 Å². The van der Waals surface area contributed by atoms with Crippen LogP contribution in [0.4, 0.5) is 0 Å². The minimum Gasteiger partial charge on any atom is -0.466 e.